The van der Waals surface area contributed by atoms with Gasteiger partial charge in [-0.3, -0.25) is 4.79 Å². The van der Waals surface area contributed by atoms with Crippen molar-refractivity contribution in [3.63, 3.8) is 0 Å². The van der Waals surface area contributed by atoms with E-state index in [1.165, 1.54) is 11.1 Å². The van der Waals surface area contributed by atoms with E-state index < -0.39 is 0 Å². The molecule has 6 nitrogen and oxygen atoms in total. The molecule has 0 spiro atoms. The first-order valence-electron chi connectivity index (χ1n) is 10.5. The van der Waals surface area contributed by atoms with Crippen LogP contribution in [0, 0.1) is 6.92 Å². The summed E-state index contributed by atoms with van der Waals surface area (Å²) in [5.41, 5.74) is 2.44. The Kier molecular flexibility index (Phi) is 6.42. The number of likely N-dealkylation sites (tertiary alicyclic amines) is 1. The smallest absolute Gasteiger partial charge is 0.233 e. The fraction of sp³-hybridized carbons (Fsp3) is 0.375. The maximum absolute atomic E-state index is 12.3. The largest absolute Gasteiger partial charge is 0.493 e. The van der Waals surface area contributed by atoms with E-state index >= 15 is 0 Å². The predicted octanol–water partition coefficient (Wildman–Crippen LogP) is 3.95. The van der Waals surface area contributed by atoms with Crippen LogP contribution in [-0.4, -0.2) is 40.6 Å². The second-order valence-electron chi connectivity index (χ2n) is 7.80. The van der Waals surface area contributed by atoms with Gasteiger partial charge in [-0.15, -0.1) is 0 Å². The number of aromatic nitrogens is 2. The molecule has 3 aromatic rings. The number of ether oxygens (including phenoxy) is 1. The summed E-state index contributed by atoms with van der Waals surface area (Å²) in [4.78, 5) is 18.7. The highest BCUT2D eigenvalue weighted by Gasteiger charge is 2.35. The molecule has 1 aliphatic heterocycles. The van der Waals surface area contributed by atoms with Crippen LogP contribution in [0.25, 0.3) is 0 Å². The van der Waals surface area contributed by atoms with E-state index in [1.54, 1.807) is 0 Å². The van der Waals surface area contributed by atoms with Crippen molar-refractivity contribution in [3.8, 4) is 5.75 Å². The number of hydrogen-bond donors (Lipinski definition) is 0. The van der Waals surface area contributed by atoms with Gasteiger partial charge in [0, 0.05) is 25.9 Å². The Morgan fingerprint density at radius 1 is 1.13 bits per heavy atom. The van der Waals surface area contributed by atoms with Crippen molar-refractivity contribution >= 4 is 5.91 Å². The molecular weight excluding hydrogens is 378 g/mol. The standard InChI is InChI=1S/C24H27N3O3/c1-18-7-5-11-21(15-18)29-14-13-22-25-24(30-26-22)20-16-27(17-20)23(28)12-6-10-19-8-3-2-4-9-19/h2-5,7-9,11,15,20H,6,10,12-14,16-17H2,1H3. The van der Waals surface area contributed by atoms with Gasteiger partial charge in [0.15, 0.2) is 5.82 Å². The first kappa shape index (κ1) is 20.1. The summed E-state index contributed by atoms with van der Waals surface area (Å²) in [6, 6.07) is 18.2. The van der Waals surface area contributed by atoms with Gasteiger partial charge in [0.1, 0.15) is 5.75 Å². The molecule has 2 heterocycles. The van der Waals surface area contributed by atoms with Gasteiger partial charge in [-0.1, -0.05) is 47.6 Å². The van der Waals surface area contributed by atoms with Crippen molar-refractivity contribution in [3.05, 3.63) is 77.4 Å². The highest BCUT2D eigenvalue weighted by atomic mass is 16.5. The minimum Gasteiger partial charge on any atom is -0.493 e. The van der Waals surface area contributed by atoms with E-state index in [0.717, 1.165) is 18.6 Å². The van der Waals surface area contributed by atoms with Gasteiger partial charge in [0.05, 0.1) is 12.5 Å². The third kappa shape index (κ3) is 5.26. The zero-order valence-electron chi connectivity index (χ0n) is 17.3. The average Bonchev–Trinajstić information content (AvgIpc) is 3.16. The molecule has 4 rings (SSSR count). The van der Waals surface area contributed by atoms with E-state index in [1.807, 2.05) is 54.3 Å². The molecule has 1 amide bonds. The molecule has 156 valence electrons. The molecule has 0 aliphatic carbocycles. The monoisotopic (exact) mass is 405 g/mol. The molecule has 30 heavy (non-hydrogen) atoms. The second-order valence-corrected chi connectivity index (χ2v) is 7.80. The Morgan fingerprint density at radius 2 is 1.97 bits per heavy atom. The first-order valence-corrected chi connectivity index (χ1v) is 10.5. The number of rotatable bonds is 9. The number of amides is 1. The Balaban J connectivity index is 1.16. The topological polar surface area (TPSA) is 68.5 Å². The van der Waals surface area contributed by atoms with E-state index in [4.69, 9.17) is 9.26 Å². The van der Waals surface area contributed by atoms with Crippen LogP contribution < -0.4 is 4.74 Å². The minimum absolute atomic E-state index is 0.141. The second kappa shape index (κ2) is 9.57. The van der Waals surface area contributed by atoms with Gasteiger partial charge >= 0.3 is 0 Å². The number of carbonyl (C=O) groups is 1. The summed E-state index contributed by atoms with van der Waals surface area (Å²) >= 11 is 0. The number of aryl methyl sites for hydroxylation is 2. The van der Waals surface area contributed by atoms with Gasteiger partial charge in [0.25, 0.3) is 0 Å². The van der Waals surface area contributed by atoms with E-state index in [0.29, 0.717) is 44.3 Å². The molecule has 0 N–H and O–H groups in total. The van der Waals surface area contributed by atoms with Crippen LogP contribution in [0.1, 0.15) is 41.6 Å². The van der Waals surface area contributed by atoms with Crippen LogP contribution in [0.5, 0.6) is 5.75 Å². The third-order valence-electron chi connectivity index (χ3n) is 5.35. The van der Waals surface area contributed by atoms with Crippen LogP contribution in [-0.2, 0) is 17.6 Å². The van der Waals surface area contributed by atoms with E-state index in [2.05, 4.69) is 22.3 Å². The average molecular weight is 405 g/mol. The molecule has 2 aromatic carbocycles. The maximum atomic E-state index is 12.3. The molecule has 6 heteroatoms. The SMILES string of the molecule is Cc1cccc(OCCc2noc(C3CN(C(=O)CCCc4ccccc4)C3)n2)c1. The van der Waals surface area contributed by atoms with Crippen molar-refractivity contribution in [2.45, 2.75) is 38.5 Å². The normalized spacial score (nSPS) is 13.8. The third-order valence-corrected chi connectivity index (χ3v) is 5.35. The van der Waals surface area contributed by atoms with Crippen LogP contribution in [0.3, 0.4) is 0 Å². The van der Waals surface area contributed by atoms with Crippen LogP contribution in [0.2, 0.25) is 0 Å². The van der Waals surface area contributed by atoms with E-state index in [-0.39, 0.29) is 11.8 Å². The molecule has 0 saturated carbocycles. The van der Waals surface area contributed by atoms with Crippen molar-refractivity contribution in [1.82, 2.24) is 15.0 Å². The number of nitrogens with zero attached hydrogens (tertiary/aromatic N) is 3. The zero-order valence-corrected chi connectivity index (χ0v) is 17.3. The molecule has 0 unspecified atom stereocenters. The molecular formula is C24H27N3O3. The van der Waals surface area contributed by atoms with Crippen molar-refractivity contribution in [2.75, 3.05) is 19.7 Å². The lowest BCUT2D eigenvalue weighted by molar-refractivity contribution is -0.136. The Morgan fingerprint density at radius 3 is 2.77 bits per heavy atom. The van der Waals surface area contributed by atoms with Crippen molar-refractivity contribution in [2.24, 2.45) is 0 Å². The summed E-state index contributed by atoms with van der Waals surface area (Å²) < 4.78 is 11.1. The zero-order chi connectivity index (χ0) is 20.8. The molecule has 1 saturated heterocycles. The van der Waals surface area contributed by atoms with Crippen LogP contribution >= 0.6 is 0 Å². The van der Waals surface area contributed by atoms with Crippen LogP contribution in [0.4, 0.5) is 0 Å². The summed E-state index contributed by atoms with van der Waals surface area (Å²) in [5.74, 6) is 2.45. The summed E-state index contributed by atoms with van der Waals surface area (Å²) in [7, 11) is 0. The molecule has 0 atom stereocenters. The lowest BCUT2D eigenvalue weighted by atomic mass is 9.99. The highest BCUT2D eigenvalue weighted by Crippen LogP contribution is 2.26. The molecule has 0 radical (unpaired) electrons. The lowest BCUT2D eigenvalue weighted by Gasteiger charge is -2.37. The highest BCUT2D eigenvalue weighted by molar-refractivity contribution is 5.77. The summed E-state index contributed by atoms with van der Waals surface area (Å²) in [6.45, 7) is 3.85. The molecule has 1 fully saturated rings. The Labute approximate surface area is 176 Å². The minimum atomic E-state index is 0.141. The molecule has 0 bridgehead atoms. The number of hydrogen-bond acceptors (Lipinski definition) is 5. The quantitative estimate of drug-likeness (QED) is 0.539. The van der Waals surface area contributed by atoms with Gasteiger partial charge in [0.2, 0.25) is 11.8 Å². The van der Waals surface area contributed by atoms with Gasteiger partial charge in [-0.05, 0) is 43.0 Å². The lowest BCUT2D eigenvalue weighted by Crippen LogP contribution is -2.48. The molecule has 1 aromatic heterocycles. The summed E-state index contributed by atoms with van der Waals surface area (Å²) in [5, 5.41) is 4.05. The number of carbonyl (C=O) groups excluding carboxylic acids is 1. The Bertz CT molecular complexity index is 965. The fourth-order valence-corrected chi connectivity index (χ4v) is 3.59. The van der Waals surface area contributed by atoms with Crippen LogP contribution in [0.15, 0.2) is 59.1 Å². The maximum Gasteiger partial charge on any atom is 0.233 e. The van der Waals surface area contributed by atoms with Crippen molar-refractivity contribution in [1.29, 1.82) is 0 Å². The van der Waals surface area contributed by atoms with Gasteiger partial charge < -0.3 is 14.2 Å². The fourth-order valence-electron chi connectivity index (χ4n) is 3.59. The van der Waals surface area contributed by atoms with Crippen molar-refractivity contribution < 1.29 is 14.1 Å². The van der Waals surface area contributed by atoms with E-state index in [9.17, 15) is 4.79 Å². The van der Waals surface area contributed by atoms with Gasteiger partial charge in [-0.25, -0.2) is 0 Å². The Hall–Kier alpha value is -3.15. The molecule has 1 aliphatic rings. The van der Waals surface area contributed by atoms with Gasteiger partial charge in [-0.2, -0.15) is 4.98 Å². The predicted molar refractivity (Wildman–Crippen MR) is 113 cm³/mol. The summed E-state index contributed by atoms with van der Waals surface area (Å²) in [6.07, 6.45) is 2.97. The number of benzene rings is 2. The first-order chi connectivity index (χ1) is 14.7.